The van der Waals surface area contributed by atoms with Crippen molar-refractivity contribution in [3.8, 4) is 0 Å². The van der Waals surface area contributed by atoms with Crippen LogP contribution in [0.25, 0.3) is 28.3 Å². The van der Waals surface area contributed by atoms with Gasteiger partial charge in [-0.2, -0.15) is 0 Å². The quantitative estimate of drug-likeness (QED) is 0.288. The second-order valence-corrected chi connectivity index (χ2v) is 12.5. The van der Waals surface area contributed by atoms with Crippen molar-refractivity contribution in [3.05, 3.63) is 118 Å². The van der Waals surface area contributed by atoms with E-state index in [1.54, 1.807) is 0 Å². The molecule has 0 amide bonds. The van der Waals surface area contributed by atoms with Crippen LogP contribution in [-0.4, -0.2) is 15.0 Å². The van der Waals surface area contributed by atoms with Crippen LogP contribution in [-0.2, 0) is 25.8 Å². The summed E-state index contributed by atoms with van der Waals surface area (Å²) in [5, 5.41) is 3.72. The lowest BCUT2D eigenvalue weighted by Crippen LogP contribution is -2.08. The average Bonchev–Trinajstić information content (AvgIpc) is 3.64. The number of aromatic amines is 1. The molecule has 0 aliphatic carbocycles. The molecule has 1 atom stereocenters. The number of nitrogens with zero attached hydrogens (tertiary/aromatic N) is 2. The molecule has 6 rings (SSSR count). The number of aromatic nitrogens is 3. The van der Waals surface area contributed by atoms with Crippen molar-refractivity contribution in [3.63, 3.8) is 0 Å². The minimum absolute atomic E-state index is 0.281. The fourth-order valence-electron chi connectivity index (χ4n) is 6.98. The van der Waals surface area contributed by atoms with E-state index in [1.807, 2.05) is 12.2 Å². The van der Waals surface area contributed by atoms with Crippen molar-refractivity contribution >= 4 is 33.9 Å². The van der Waals surface area contributed by atoms with Gasteiger partial charge in [-0.1, -0.05) is 51.3 Å². The van der Waals surface area contributed by atoms with Gasteiger partial charge in [-0.3, -0.25) is 4.98 Å². The first-order chi connectivity index (χ1) is 21.1. The minimum Gasteiger partial charge on any atom is -0.381 e. The van der Waals surface area contributed by atoms with E-state index in [9.17, 15) is 0 Å². The third-order valence-electron chi connectivity index (χ3n) is 9.55. The molecule has 0 radical (unpaired) electrons. The van der Waals surface area contributed by atoms with Crippen molar-refractivity contribution in [1.82, 2.24) is 15.0 Å². The monoisotopic (exact) mass is 584 g/mol. The van der Waals surface area contributed by atoms with Gasteiger partial charge < -0.3 is 10.3 Å². The molecule has 6 heterocycles. The predicted molar refractivity (Wildman–Crippen MR) is 191 cm³/mol. The molecule has 2 aromatic rings. The molecule has 2 aromatic heterocycles. The maximum atomic E-state index is 5.41. The molecule has 0 fully saturated rings. The Morgan fingerprint density at radius 2 is 1.77 bits per heavy atom. The molecule has 4 nitrogen and oxygen atoms in total. The highest BCUT2D eigenvalue weighted by Gasteiger charge is 2.29. The summed E-state index contributed by atoms with van der Waals surface area (Å²) in [6.07, 6.45) is 9.43. The number of H-pyrrole nitrogens is 1. The van der Waals surface area contributed by atoms with Crippen LogP contribution < -0.4 is 5.32 Å². The second-order valence-electron chi connectivity index (χ2n) is 12.5. The molecule has 2 N–H and O–H groups in total. The van der Waals surface area contributed by atoms with Crippen LogP contribution in [0.5, 0.6) is 0 Å². The van der Waals surface area contributed by atoms with Crippen LogP contribution in [0.2, 0.25) is 0 Å². The van der Waals surface area contributed by atoms with E-state index in [1.165, 1.54) is 39.0 Å². The van der Waals surface area contributed by atoms with Gasteiger partial charge >= 0.3 is 0 Å². The number of allylic oxidation sites excluding steroid dienone is 5. The fourth-order valence-corrected chi connectivity index (χ4v) is 6.98. The average molecular weight is 585 g/mol. The Morgan fingerprint density at radius 1 is 1.00 bits per heavy atom. The van der Waals surface area contributed by atoms with Crippen LogP contribution in [0.15, 0.2) is 61.7 Å². The van der Waals surface area contributed by atoms with Crippen molar-refractivity contribution < 1.29 is 0 Å². The van der Waals surface area contributed by atoms with Gasteiger partial charge in [0.2, 0.25) is 0 Å². The lowest BCUT2D eigenvalue weighted by atomic mass is 9.88. The third kappa shape index (κ3) is 5.70. The normalized spacial score (nSPS) is 15.1. The van der Waals surface area contributed by atoms with Crippen LogP contribution in [0.1, 0.15) is 109 Å². The summed E-state index contributed by atoms with van der Waals surface area (Å²) in [5.41, 5.74) is 19.4. The SMILES string of the molecule is C=CCC[C@H]1Cc2cc3c(C)c(C=C)c(cc4[nH]c(cc5nc(c(CC(=C)CC)c1n2)C(C(=C)C)=C5C)c(CC)c4C)CN3. The smallest absolute Gasteiger partial charge is 0.0768 e. The molecule has 228 valence electrons. The maximum absolute atomic E-state index is 5.41. The number of hydrogen-bond acceptors (Lipinski definition) is 3. The number of anilines is 1. The molecule has 8 bridgehead atoms. The lowest BCUT2D eigenvalue weighted by Gasteiger charge is -2.18. The molecular formula is C40H48N4. The zero-order chi connectivity index (χ0) is 31.7. The van der Waals surface area contributed by atoms with Gasteiger partial charge in [0.25, 0.3) is 0 Å². The highest BCUT2D eigenvalue weighted by molar-refractivity contribution is 5.99. The van der Waals surface area contributed by atoms with Crippen molar-refractivity contribution in [2.75, 3.05) is 5.32 Å². The summed E-state index contributed by atoms with van der Waals surface area (Å²) in [6.45, 7) is 30.9. The number of hydrogen-bond donors (Lipinski definition) is 2. The number of nitrogens with one attached hydrogen (secondary N) is 2. The maximum Gasteiger partial charge on any atom is 0.0768 e. The summed E-state index contributed by atoms with van der Waals surface area (Å²) in [4.78, 5) is 14.6. The Balaban J connectivity index is 2.01. The van der Waals surface area contributed by atoms with Crippen LogP contribution in [0.4, 0.5) is 5.69 Å². The molecule has 4 aliphatic heterocycles. The number of fused-ring (bicyclic) bond motifs is 2. The Hall–Kier alpha value is -4.18. The molecule has 44 heavy (non-hydrogen) atoms. The molecule has 0 unspecified atom stereocenters. The number of aryl methyl sites for hydroxylation is 2. The topological polar surface area (TPSA) is 53.6 Å². The Bertz CT molecular complexity index is 1790. The van der Waals surface area contributed by atoms with E-state index >= 15 is 0 Å². The van der Waals surface area contributed by atoms with Crippen molar-refractivity contribution in [2.45, 2.75) is 92.5 Å². The van der Waals surface area contributed by atoms with Gasteiger partial charge in [-0.25, -0.2) is 4.98 Å². The largest absolute Gasteiger partial charge is 0.381 e. The second kappa shape index (κ2) is 12.8. The molecule has 4 heteroatoms. The van der Waals surface area contributed by atoms with Crippen LogP contribution in [0.3, 0.4) is 0 Å². The summed E-state index contributed by atoms with van der Waals surface area (Å²) in [7, 11) is 0. The first-order valence-electron chi connectivity index (χ1n) is 16.1. The standard InChI is InChI=1S/C40H48N4/c1-11-15-16-28-18-30-20-34-25(8)31(13-3)29(22-41-34)19-35-26(9)32(14-4)37(43-35)21-36-27(10)38(23(5)6)40(44-36)33(39(28)42-30)17-24(7)12-2/h11,13,19-21,28,41,43H,1,3,5,7,12,14-18,22H2,2,4,6,8-10H3/t28-/m0/s1. The first-order valence-corrected chi connectivity index (χ1v) is 16.1. The zero-order valence-electron chi connectivity index (χ0n) is 27.6. The predicted octanol–water partition coefficient (Wildman–Crippen LogP) is 10.5. The molecule has 0 saturated carbocycles. The zero-order valence-corrected chi connectivity index (χ0v) is 27.6. The van der Waals surface area contributed by atoms with Crippen molar-refractivity contribution in [2.24, 2.45) is 0 Å². The molecule has 0 saturated heterocycles. The van der Waals surface area contributed by atoms with Gasteiger partial charge in [0.15, 0.2) is 0 Å². The van der Waals surface area contributed by atoms with E-state index in [0.29, 0.717) is 0 Å². The minimum atomic E-state index is 0.281. The molecular weight excluding hydrogens is 536 g/mol. The van der Waals surface area contributed by atoms with Gasteiger partial charge in [0, 0.05) is 51.7 Å². The van der Waals surface area contributed by atoms with Crippen LogP contribution >= 0.6 is 0 Å². The van der Waals surface area contributed by atoms with Gasteiger partial charge in [0.05, 0.1) is 11.4 Å². The van der Waals surface area contributed by atoms with Gasteiger partial charge in [-0.15, -0.1) is 6.58 Å². The Morgan fingerprint density at radius 3 is 2.43 bits per heavy atom. The Labute approximate surface area is 264 Å². The summed E-state index contributed by atoms with van der Waals surface area (Å²) < 4.78 is 0. The van der Waals surface area contributed by atoms with E-state index in [4.69, 9.17) is 9.97 Å². The van der Waals surface area contributed by atoms with Gasteiger partial charge in [0.1, 0.15) is 0 Å². The van der Waals surface area contributed by atoms with Crippen molar-refractivity contribution in [1.29, 1.82) is 0 Å². The molecule has 0 spiro atoms. The third-order valence-corrected chi connectivity index (χ3v) is 9.55. The Kier molecular flexibility index (Phi) is 9.10. The van der Waals surface area contributed by atoms with Crippen LogP contribution in [0, 0.1) is 13.8 Å². The van der Waals surface area contributed by atoms with E-state index in [-0.39, 0.29) is 5.92 Å². The summed E-state index contributed by atoms with van der Waals surface area (Å²) in [5.74, 6) is 0.281. The summed E-state index contributed by atoms with van der Waals surface area (Å²) >= 11 is 0. The summed E-state index contributed by atoms with van der Waals surface area (Å²) in [6, 6.07) is 6.78. The highest BCUT2D eigenvalue weighted by Crippen LogP contribution is 2.41. The lowest BCUT2D eigenvalue weighted by molar-refractivity contribution is 0.643. The van der Waals surface area contributed by atoms with Gasteiger partial charge in [-0.05, 0) is 123 Å². The molecule has 4 aliphatic rings. The first kappa shape index (κ1) is 31.3. The van der Waals surface area contributed by atoms with E-state index < -0.39 is 0 Å². The van der Waals surface area contributed by atoms with E-state index in [0.717, 1.165) is 101 Å². The van der Waals surface area contributed by atoms with E-state index in [2.05, 4.69) is 96.4 Å². The number of rotatable bonds is 9. The fraction of sp³-hybridized carbons (Fsp3) is 0.350. The highest BCUT2D eigenvalue weighted by atomic mass is 14.9. The molecule has 0 aromatic carbocycles.